The number of nitrogens with one attached hydrogen (secondary N) is 2. The maximum atomic E-state index is 13.2. The number of benzene rings is 1. The Hall–Kier alpha value is -1.46. The molecule has 1 amide bonds. The highest BCUT2D eigenvalue weighted by atomic mass is 19.1. The third-order valence-corrected chi connectivity index (χ3v) is 3.06. The molecule has 2 rings (SSSR count). The summed E-state index contributed by atoms with van der Waals surface area (Å²) in [5, 5.41) is 5.88. The summed E-state index contributed by atoms with van der Waals surface area (Å²) in [6, 6.07) is 4.45. The first-order valence-corrected chi connectivity index (χ1v) is 6.53. The van der Waals surface area contributed by atoms with E-state index in [1.807, 2.05) is 0 Å². The number of halogens is 1. The van der Waals surface area contributed by atoms with Crippen molar-refractivity contribution in [2.45, 2.75) is 25.9 Å². The van der Waals surface area contributed by atoms with Gasteiger partial charge in [0.1, 0.15) is 12.4 Å². The van der Waals surface area contributed by atoms with E-state index in [0.717, 1.165) is 31.5 Å². The Bertz CT molecular complexity index is 425. The van der Waals surface area contributed by atoms with Crippen LogP contribution in [0.5, 0.6) is 0 Å². The van der Waals surface area contributed by atoms with Crippen LogP contribution in [0.4, 0.5) is 10.1 Å². The first-order valence-electron chi connectivity index (χ1n) is 6.53. The molecule has 0 saturated carbocycles. The lowest BCUT2D eigenvalue weighted by Gasteiger charge is -2.22. The quantitative estimate of drug-likeness (QED) is 0.874. The third kappa shape index (κ3) is 4.61. The van der Waals surface area contributed by atoms with Crippen LogP contribution in [0.25, 0.3) is 0 Å². The number of carbonyl (C=O) groups is 1. The number of rotatable bonds is 4. The van der Waals surface area contributed by atoms with Crippen LogP contribution in [0.3, 0.4) is 0 Å². The van der Waals surface area contributed by atoms with Crippen molar-refractivity contribution in [3.05, 3.63) is 29.6 Å². The highest BCUT2D eigenvalue weighted by Gasteiger charge is 2.14. The van der Waals surface area contributed by atoms with Crippen LogP contribution in [0, 0.1) is 12.7 Å². The van der Waals surface area contributed by atoms with E-state index < -0.39 is 0 Å². The number of aryl methyl sites for hydroxylation is 1. The summed E-state index contributed by atoms with van der Waals surface area (Å²) in [5.41, 5.74) is 1.24. The van der Waals surface area contributed by atoms with E-state index in [1.54, 1.807) is 13.0 Å². The van der Waals surface area contributed by atoms with Gasteiger partial charge in [-0.2, -0.15) is 0 Å². The first-order chi connectivity index (χ1) is 9.13. The predicted octanol–water partition coefficient (Wildman–Crippen LogP) is 1.84. The van der Waals surface area contributed by atoms with Crippen LogP contribution in [-0.2, 0) is 9.53 Å². The summed E-state index contributed by atoms with van der Waals surface area (Å²) < 4.78 is 18.7. The monoisotopic (exact) mass is 266 g/mol. The van der Waals surface area contributed by atoms with Gasteiger partial charge in [-0.25, -0.2) is 4.39 Å². The van der Waals surface area contributed by atoms with Crippen LogP contribution in [0.2, 0.25) is 0 Å². The lowest BCUT2D eigenvalue weighted by Crippen LogP contribution is -2.34. The van der Waals surface area contributed by atoms with Crippen molar-refractivity contribution >= 4 is 11.6 Å². The highest BCUT2D eigenvalue weighted by Crippen LogP contribution is 2.13. The average molecular weight is 266 g/mol. The number of carbonyl (C=O) groups excluding carboxylic acids is 1. The van der Waals surface area contributed by atoms with Gasteiger partial charge in [0.25, 0.3) is 0 Å². The molecule has 0 spiro atoms. The van der Waals surface area contributed by atoms with Gasteiger partial charge >= 0.3 is 0 Å². The maximum Gasteiger partial charge on any atom is 0.250 e. The molecule has 0 aromatic heterocycles. The number of amides is 1. The Morgan fingerprint density at radius 3 is 2.84 bits per heavy atom. The van der Waals surface area contributed by atoms with E-state index in [4.69, 9.17) is 4.74 Å². The van der Waals surface area contributed by atoms with Crippen LogP contribution < -0.4 is 10.6 Å². The van der Waals surface area contributed by atoms with Gasteiger partial charge < -0.3 is 15.4 Å². The van der Waals surface area contributed by atoms with Crippen molar-refractivity contribution in [2.24, 2.45) is 0 Å². The Morgan fingerprint density at radius 1 is 1.42 bits per heavy atom. The molecule has 104 valence electrons. The third-order valence-electron chi connectivity index (χ3n) is 3.06. The molecular weight excluding hydrogens is 247 g/mol. The fourth-order valence-electron chi connectivity index (χ4n) is 2.16. The molecule has 1 fully saturated rings. The molecule has 19 heavy (non-hydrogen) atoms. The minimum absolute atomic E-state index is 0.0141. The Kier molecular flexibility index (Phi) is 4.87. The highest BCUT2D eigenvalue weighted by molar-refractivity contribution is 5.91. The van der Waals surface area contributed by atoms with Gasteiger partial charge in [0.05, 0.1) is 6.10 Å². The summed E-state index contributed by atoms with van der Waals surface area (Å²) >= 11 is 0. The molecule has 1 aromatic rings. The minimum atomic E-state index is -0.352. The molecular formula is C14H19FN2O2. The normalized spacial score (nSPS) is 16.3. The van der Waals surface area contributed by atoms with Gasteiger partial charge in [-0.1, -0.05) is 0 Å². The van der Waals surface area contributed by atoms with Gasteiger partial charge in [0.2, 0.25) is 5.91 Å². The number of ether oxygens (including phenoxy) is 1. The van der Waals surface area contributed by atoms with Gasteiger partial charge in [-0.05, 0) is 56.6 Å². The molecule has 1 saturated heterocycles. The van der Waals surface area contributed by atoms with Gasteiger partial charge in [-0.15, -0.1) is 0 Å². The fraction of sp³-hybridized carbons (Fsp3) is 0.500. The molecule has 1 aromatic carbocycles. The number of hydrogen-bond donors (Lipinski definition) is 2. The largest absolute Gasteiger partial charge is 0.368 e. The number of anilines is 1. The molecule has 5 heteroatoms. The zero-order valence-electron chi connectivity index (χ0n) is 11.0. The van der Waals surface area contributed by atoms with Crippen molar-refractivity contribution in [1.82, 2.24) is 5.32 Å². The molecule has 1 aliphatic rings. The van der Waals surface area contributed by atoms with Crippen molar-refractivity contribution in [3.8, 4) is 0 Å². The van der Waals surface area contributed by atoms with E-state index in [1.165, 1.54) is 12.1 Å². The molecule has 0 bridgehead atoms. The van der Waals surface area contributed by atoms with E-state index >= 15 is 0 Å². The summed E-state index contributed by atoms with van der Waals surface area (Å²) in [6.07, 6.45) is 1.99. The van der Waals surface area contributed by atoms with Crippen molar-refractivity contribution < 1.29 is 13.9 Å². The summed E-state index contributed by atoms with van der Waals surface area (Å²) in [4.78, 5) is 11.7. The second-order valence-electron chi connectivity index (χ2n) is 4.83. The van der Waals surface area contributed by atoms with Crippen LogP contribution in [-0.4, -0.2) is 31.7 Å². The molecule has 0 unspecified atom stereocenters. The topological polar surface area (TPSA) is 50.4 Å². The van der Waals surface area contributed by atoms with E-state index in [-0.39, 0.29) is 24.4 Å². The van der Waals surface area contributed by atoms with Crippen molar-refractivity contribution in [1.29, 1.82) is 0 Å². The van der Waals surface area contributed by atoms with Crippen molar-refractivity contribution in [3.63, 3.8) is 0 Å². The van der Waals surface area contributed by atoms with Gasteiger partial charge in [0.15, 0.2) is 0 Å². The summed E-state index contributed by atoms with van der Waals surface area (Å²) in [6.45, 7) is 3.65. The lowest BCUT2D eigenvalue weighted by atomic mass is 10.1. The Morgan fingerprint density at radius 2 is 2.16 bits per heavy atom. The Labute approximate surface area is 112 Å². The molecule has 2 N–H and O–H groups in total. The molecule has 0 aliphatic carbocycles. The second-order valence-corrected chi connectivity index (χ2v) is 4.83. The average Bonchev–Trinajstić information content (AvgIpc) is 2.36. The maximum absolute atomic E-state index is 13.2. The molecule has 1 heterocycles. The number of piperidine rings is 1. The van der Waals surface area contributed by atoms with E-state index in [2.05, 4.69) is 10.6 Å². The van der Waals surface area contributed by atoms with Crippen molar-refractivity contribution in [2.75, 3.05) is 25.0 Å². The smallest absolute Gasteiger partial charge is 0.250 e. The molecule has 0 radical (unpaired) electrons. The van der Waals surface area contributed by atoms with E-state index in [9.17, 15) is 9.18 Å². The van der Waals surface area contributed by atoms with Gasteiger partial charge in [-0.3, -0.25) is 4.79 Å². The number of hydrogen-bond acceptors (Lipinski definition) is 3. The molecule has 0 atom stereocenters. The van der Waals surface area contributed by atoms with E-state index in [0.29, 0.717) is 5.69 Å². The second kappa shape index (κ2) is 6.63. The zero-order valence-corrected chi connectivity index (χ0v) is 11.0. The predicted molar refractivity (Wildman–Crippen MR) is 71.6 cm³/mol. The Balaban J connectivity index is 1.80. The standard InChI is InChI=1S/C14H19FN2O2/c1-10-6-11(15)8-12(7-10)17-14(18)9-19-13-2-4-16-5-3-13/h6-8,13,16H,2-5,9H2,1H3,(H,17,18). The fourth-order valence-corrected chi connectivity index (χ4v) is 2.16. The van der Waals surface area contributed by atoms with Crippen LogP contribution in [0.1, 0.15) is 18.4 Å². The molecule has 1 aliphatic heterocycles. The minimum Gasteiger partial charge on any atom is -0.368 e. The first kappa shape index (κ1) is 14.0. The van der Waals surface area contributed by atoms with Crippen LogP contribution >= 0.6 is 0 Å². The summed E-state index contributed by atoms with van der Waals surface area (Å²) in [5.74, 6) is -0.599. The van der Waals surface area contributed by atoms with Crippen LogP contribution in [0.15, 0.2) is 18.2 Å². The molecule has 4 nitrogen and oxygen atoms in total. The zero-order chi connectivity index (χ0) is 13.7. The van der Waals surface area contributed by atoms with Gasteiger partial charge in [0, 0.05) is 5.69 Å². The summed E-state index contributed by atoms with van der Waals surface area (Å²) in [7, 11) is 0. The SMILES string of the molecule is Cc1cc(F)cc(NC(=O)COC2CCNCC2)c1. The lowest BCUT2D eigenvalue weighted by molar-refractivity contribution is -0.123.